The molecule has 0 radical (unpaired) electrons. The first-order valence-electron chi connectivity index (χ1n) is 10.3. The van der Waals surface area contributed by atoms with E-state index in [4.69, 9.17) is 9.47 Å². The minimum absolute atomic E-state index is 0.0000792. The first kappa shape index (κ1) is 20.3. The van der Waals surface area contributed by atoms with E-state index in [0.29, 0.717) is 31.3 Å². The Bertz CT molecular complexity index is 933. The largest absolute Gasteiger partial charge is 0.486 e. The summed E-state index contributed by atoms with van der Waals surface area (Å²) in [6, 6.07) is 8.86. The van der Waals surface area contributed by atoms with E-state index >= 15 is 0 Å². The smallest absolute Gasteiger partial charge is 0.240 e. The minimum atomic E-state index is -3.66. The van der Waals surface area contributed by atoms with Crippen molar-refractivity contribution >= 4 is 10.0 Å². The summed E-state index contributed by atoms with van der Waals surface area (Å²) in [6.45, 7) is 3.21. The Hall–Kier alpha value is -2.03. The summed E-state index contributed by atoms with van der Waals surface area (Å²) in [5, 5.41) is 0. The molecule has 1 aromatic heterocycles. The van der Waals surface area contributed by atoms with E-state index in [0.717, 1.165) is 31.6 Å². The molecular weight excluding hydrogens is 390 g/mol. The quantitative estimate of drug-likeness (QED) is 0.779. The lowest BCUT2D eigenvalue weighted by molar-refractivity contribution is 0.171. The van der Waals surface area contributed by atoms with Crippen LogP contribution in [0.15, 0.2) is 41.4 Å². The maximum atomic E-state index is 13.0. The van der Waals surface area contributed by atoms with Gasteiger partial charge in [0.05, 0.1) is 10.9 Å². The van der Waals surface area contributed by atoms with Gasteiger partial charge in [0.1, 0.15) is 13.2 Å². The van der Waals surface area contributed by atoms with Crippen LogP contribution in [0.3, 0.4) is 0 Å². The maximum Gasteiger partial charge on any atom is 0.240 e. The van der Waals surface area contributed by atoms with Gasteiger partial charge in [0.25, 0.3) is 0 Å². The fourth-order valence-corrected chi connectivity index (χ4v) is 5.16. The summed E-state index contributed by atoms with van der Waals surface area (Å²) in [4.78, 5) is 2.61. The van der Waals surface area contributed by atoms with Crippen molar-refractivity contribution in [2.24, 2.45) is 7.05 Å². The third-order valence-electron chi connectivity index (χ3n) is 5.70. The van der Waals surface area contributed by atoms with Crippen LogP contribution < -0.4 is 14.2 Å². The SMILES string of the molecule is Cn1cccc1C(CNS(=O)(=O)c1ccc2c(c1)OCCO2)N1CCCCCC1. The molecule has 1 atom stereocenters. The highest BCUT2D eigenvalue weighted by molar-refractivity contribution is 7.89. The number of sulfonamides is 1. The number of nitrogens with one attached hydrogen (secondary N) is 1. The lowest BCUT2D eigenvalue weighted by atomic mass is 10.1. The second-order valence-corrected chi connectivity index (χ2v) is 9.43. The number of rotatable bonds is 6. The molecule has 1 unspecified atom stereocenters. The molecule has 0 saturated carbocycles. The highest BCUT2D eigenvalue weighted by Crippen LogP contribution is 2.32. The van der Waals surface area contributed by atoms with Crippen LogP contribution >= 0.6 is 0 Å². The predicted molar refractivity (Wildman–Crippen MR) is 111 cm³/mol. The molecule has 1 saturated heterocycles. The molecule has 1 N–H and O–H groups in total. The Labute approximate surface area is 172 Å². The number of hydrogen-bond acceptors (Lipinski definition) is 5. The number of fused-ring (bicyclic) bond motifs is 1. The van der Waals surface area contributed by atoms with Crippen LogP contribution in [0, 0.1) is 0 Å². The van der Waals surface area contributed by atoms with Crippen LogP contribution in [0.1, 0.15) is 37.4 Å². The molecule has 4 rings (SSSR count). The van der Waals surface area contributed by atoms with Gasteiger partial charge in [-0.2, -0.15) is 0 Å². The van der Waals surface area contributed by atoms with E-state index in [1.165, 1.54) is 12.8 Å². The van der Waals surface area contributed by atoms with Crippen molar-refractivity contribution in [3.63, 3.8) is 0 Å². The van der Waals surface area contributed by atoms with E-state index < -0.39 is 10.0 Å². The minimum Gasteiger partial charge on any atom is -0.486 e. The Morgan fingerprint density at radius 2 is 1.76 bits per heavy atom. The summed E-state index contributed by atoms with van der Waals surface area (Å²) in [5.74, 6) is 1.06. The van der Waals surface area contributed by atoms with E-state index in [2.05, 4.69) is 20.3 Å². The predicted octanol–water partition coefficient (Wildman–Crippen LogP) is 2.69. The van der Waals surface area contributed by atoms with Gasteiger partial charge in [-0.1, -0.05) is 12.8 Å². The molecule has 3 heterocycles. The summed E-state index contributed by atoms with van der Waals surface area (Å²) in [7, 11) is -1.65. The molecule has 7 nitrogen and oxygen atoms in total. The highest BCUT2D eigenvalue weighted by atomic mass is 32.2. The zero-order valence-electron chi connectivity index (χ0n) is 16.8. The van der Waals surface area contributed by atoms with Crippen molar-refractivity contribution in [2.75, 3.05) is 32.8 Å². The lowest BCUT2D eigenvalue weighted by Crippen LogP contribution is -2.39. The van der Waals surface area contributed by atoms with Gasteiger partial charge >= 0.3 is 0 Å². The van der Waals surface area contributed by atoms with Crippen LogP contribution in [-0.2, 0) is 17.1 Å². The topological polar surface area (TPSA) is 72.8 Å². The Balaban J connectivity index is 1.54. The van der Waals surface area contributed by atoms with Crippen molar-refractivity contribution in [1.29, 1.82) is 0 Å². The number of nitrogens with zero attached hydrogens (tertiary/aromatic N) is 2. The standard InChI is InChI=1S/C21H29N3O4S/c1-23-10-6-7-18(23)19(24-11-4-2-3-5-12-24)16-22-29(25,26)17-8-9-20-21(15-17)28-14-13-27-20/h6-10,15,19,22H,2-5,11-14,16H2,1H3. The van der Waals surface area contributed by atoms with Gasteiger partial charge in [-0.25, -0.2) is 13.1 Å². The molecule has 8 heteroatoms. The maximum absolute atomic E-state index is 13.0. The third kappa shape index (κ3) is 4.60. The van der Waals surface area contributed by atoms with Gasteiger partial charge in [0, 0.05) is 31.5 Å². The normalized spacial score (nSPS) is 18.9. The van der Waals surface area contributed by atoms with Crippen LogP contribution in [0.25, 0.3) is 0 Å². The van der Waals surface area contributed by atoms with Crippen LogP contribution in [0.5, 0.6) is 11.5 Å². The van der Waals surface area contributed by atoms with Crippen molar-refractivity contribution in [3.05, 3.63) is 42.2 Å². The summed E-state index contributed by atoms with van der Waals surface area (Å²) in [5.41, 5.74) is 1.12. The molecule has 0 bridgehead atoms. The van der Waals surface area contributed by atoms with Gasteiger partial charge in [0.2, 0.25) is 10.0 Å². The summed E-state index contributed by atoms with van der Waals surface area (Å²) in [6.07, 6.45) is 6.78. The zero-order chi connectivity index (χ0) is 20.3. The van der Waals surface area contributed by atoms with Gasteiger partial charge in [-0.05, 0) is 50.2 Å². The summed E-state index contributed by atoms with van der Waals surface area (Å²) >= 11 is 0. The van der Waals surface area contributed by atoms with Crippen LogP contribution in [0.2, 0.25) is 0 Å². The highest BCUT2D eigenvalue weighted by Gasteiger charge is 2.26. The first-order chi connectivity index (χ1) is 14.0. The Morgan fingerprint density at radius 1 is 1.03 bits per heavy atom. The summed E-state index contributed by atoms with van der Waals surface area (Å²) < 4.78 is 41.9. The van der Waals surface area contributed by atoms with E-state index in [1.54, 1.807) is 18.2 Å². The van der Waals surface area contributed by atoms with E-state index in [9.17, 15) is 8.42 Å². The van der Waals surface area contributed by atoms with Crippen LogP contribution in [-0.4, -0.2) is 50.7 Å². The molecule has 29 heavy (non-hydrogen) atoms. The van der Waals surface area contributed by atoms with E-state index in [-0.39, 0.29) is 10.9 Å². The van der Waals surface area contributed by atoms with Gasteiger partial charge in [-0.15, -0.1) is 0 Å². The van der Waals surface area contributed by atoms with Crippen molar-refractivity contribution in [1.82, 2.24) is 14.2 Å². The molecular formula is C21H29N3O4S. The third-order valence-corrected chi connectivity index (χ3v) is 7.12. The number of likely N-dealkylation sites (tertiary alicyclic amines) is 1. The average Bonchev–Trinajstić information content (AvgIpc) is 2.98. The number of hydrogen-bond donors (Lipinski definition) is 1. The zero-order valence-corrected chi connectivity index (χ0v) is 17.7. The average molecular weight is 420 g/mol. The molecule has 0 amide bonds. The van der Waals surface area contributed by atoms with E-state index in [1.807, 2.05) is 19.3 Å². The number of ether oxygens (including phenoxy) is 2. The molecule has 0 aliphatic carbocycles. The number of aromatic nitrogens is 1. The fourth-order valence-electron chi connectivity index (χ4n) is 4.11. The van der Waals surface area contributed by atoms with Crippen LogP contribution in [0.4, 0.5) is 0 Å². The fraction of sp³-hybridized carbons (Fsp3) is 0.524. The first-order valence-corrected chi connectivity index (χ1v) is 11.8. The second-order valence-electron chi connectivity index (χ2n) is 7.67. The van der Waals surface area contributed by atoms with Crippen molar-refractivity contribution in [3.8, 4) is 11.5 Å². The number of aryl methyl sites for hydroxylation is 1. The lowest BCUT2D eigenvalue weighted by Gasteiger charge is -2.31. The monoisotopic (exact) mass is 419 g/mol. The van der Waals surface area contributed by atoms with Crippen molar-refractivity contribution < 1.29 is 17.9 Å². The molecule has 2 aromatic rings. The molecule has 0 spiro atoms. The Kier molecular flexibility index (Phi) is 6.12. The van der Waals surface area contributed by atoms with Gasteiger partial charge < -0.3 is 14.0 Å². The second kappa shape index (κ2) is 8.77. The molecule has 158 valence electrons. The molecule has 2 aliphatic rings. The van der Waals surface area contributed by atoms with Gasteiger partial charge in [0.15, 0.2) is 11.5 Å². The Morgan fingerprint density at radius 3 is 2.45 bits per heavy atom. The molecule has 1 fully saturated rings. The number of benzene rings is 1. The van der Waals surface area contributed by atoms with Crippen molar-refractivity contribution in [2.45, 2.75) is 36.6 Å². The van der Waals surface area contributed by atoms with Gasteiger partial charge in [-0.3, -0.25) is 4.90 Å². The molecule has 2 aliphatic heterocycles. The molecule has 1 aromatic carbocycles.